The van der Waals surface area contributed by atoms with Gasteiger partial charge in [-0.2, -0.15) is 17.9 Å². The lowest BCUT2D eigenvalue weighted by Crippen LogP contribution is -2.47. The fraction of sp³-hybridized carbons (Fsp3) is 0.222. The van der Waals surface area contributed by atoms with Crippen LogP contribution in [-0.4, -0.2) is 32.7 Å². The van der Waals surface area contributed by atoms with Crippen LogP contribution >= 0.6 is 11.6 Å². The Morgan fingerprint density at radius 1 is 1.10 bits per heavy atom. The van der Waals surface area contributed by atoms with E-state index in [1.54, 1.807) is 4.90 Å². The molecule has 2 amide bonds. The number of nitrogens with one attached hydrogen (secondary N) is 1. The molecule has 0 saturated heterocycles. The molecule has 4 aromatic rings. The van der Waals surface area contributed by atoms with Gasteiger partial charge in [-0.15, -0.1) is 5.10 Å². The molecule has 0 radical (unpaired) electrons. The van der Waals surface area contributed by atoms with Crippen molar-refractivity contribution in [2.75, 3.05) is 11.1 Å². The molecule has 41 heavy (non-hydrogen) atoms. The number of amides is 2. The summed E-state index contributed by atoms with van der Waals surface area (Å²) in [5.41, 5.74) is 4.96. The predicted octanol–water partition coefficient (Wildman–Crippen LogP) is 6.95. The number of benzene rings is 3. The van der Waals surface area contributed by atoms with Crippen molar-refractivity contribution in [3.05, 3.63) is 75.8 Å². The van der Waals surface area contributed by atoms with Crippen LogP contribution in [0.1, 0.15) is 40.7 Å². The lowest BCUT2D eigenvalue weighted by Gasteiger charge is -2.39. The molecule has 2 aliphatic rings. The fourth-order valence-corrected chi connectivity index (χ4v) is 5.11. The van der Waals surface area contributed by atoms with Crippen LogP contribution in [0.3, 0.4) is 0 Å². The minimum Gasteiger partial charge on any atom is -0.453 e. The van der Waals surface area contributed by atoms with Crippen molar-refractivity contribution in [3.63, 3.8) is 0 Å². The second-order valence-electron chi connectivity index (χ2n) is 9.79. The molecule has 1 saturated carbocycles. The summed E-state index contributed by atoms with van der Waals surface area (Å²) in [5.74, 6) is -3.57. The van der Waals surface area contributed by atoms with E-state index in [2.05, 4.69) is 10.4 Å². The normalized spacial score (nSPS) is 15.3. The SMILES string of the molecule is Nc1nn2c3c(cc(NC(=O)c4cc(F)cc(C(F)(F)F)c4)c(Oc4cc(F)ccc4Cl)c13)CN(C1CCC1)C2=O. The van der Waals surface area contributed by atoms with Gasteiger partial charge in [-0.3, -0.25) is 4.79 Å². The third-order valence-corrected chi connectivity index (χ3v) is 7.44. The predicted molar refractivity (Wildman–Crippen MR) is 139 cm³/mol. The second-order valence-corrected chi connectivity index (χ2v) is 10.2. The van der Waals surface area contributed by atoms with Crippen molar-refractivity contribution < 1.29 is 36.3 Å². The van der Waals surface area contributed by atoms with Gasteiger partial charge in [-0.05, 0) is 55.7 Å². The average molecular weight is 592 g/mol. The highest BCUT2D eigenvalue weighted by Gasteiger charge is 2.37. The molecule has 14 heteroatoms. The number of nitrogens with zero attached hydrogens (tertiary/aromatic N) is 3. The zero-order valence-corrected chi connectivity index (χ0v) is 21.6. The summed E-state index contributed by atoms with van der Waals surface area (Å²) in [7, 11) is 0. The summed E-state index contributed by atoms with van der Waals surface area (Å²) < 4.78 is 75.1. The highest BCUT2D eigenvalue weighted by atomic mass is 35.5. The van der Waals surface area contributed by atoms with Crippen LogP contribution in [0, 0.1) is 11.6 Å². The summed E-state index contributed by atoms with van der Waals surface area (Å²) in [6, 6.07) is 5.77. The van der Waals surface area contributed by atoms with Gasteiger partial charge in [0.1, 0.15) is 17.4 Å². The summed E-state index contributed by atoms with van der Waals surface area (Å²) in [6.07, 6.45) is -2.35. The van der Waals surface area contributed by atoms with Crippen LogP contribution in [0.4, 0.5) is 38.3 Å². The number of rotatable bonds is 5. The summed E-state index contributed by atoms with van der Waals surface area (Å²) in [5, 5.41) is 6.74. The largest absolute Gasteiger partial charge is 0.453 e. The van der Waals surface area contributed by atoms with E-state index in [0.29, 0.717) is 17.7 Å². The van der Waals surface area contributed by atoms with Crippen LogP contribution in [0.2, 0.25) is 5.02 Å². The fourth-order valence-electron chi connectivity index (χ4n) is 4.96. The number of halogens is 6. The van der Waals surface area contributed by atoms with Crippen molar-refractivity contribution in [1.82, 2.24) is 14.7 Å². The number of hydrogen-bond acceptors (Lipinski definition) is 5. The van der Waals surface area contributed by atoms with Crippen LogP contribution in [-0.2, 0) is 12.7 Å². The van der Waals surface area contributed by atoms with Crippen molar-refractivity contribution in [2.24, 2.45) is 0 Å². The van der Waals surface area contributed by atoms with Gasteiger partial charge in [0, 0.05) is 23.2 Å². The molecule has 0 bridgehead atoms. The number of ether oxygens (including phenoxy) is 1. The lowest BCUT2D eigenvalue weighted by molar-refractivity contribution is -0.137. The standard InChI is InChI=1S/C27H19ClF5N5O3/c28-18-5-4-15(29)10-20(18)41-23-19(35-25(39)12-6-14(27(31,32)33)9-16(30)7-12)8-13-11-37(17-2-1-3-17)26(40)38-22(13)21(23)24(34)36-38/h4-10,17H,1-3,11H2,(H2,34,36)(H,35,39). The first-order valence-corrected chi connectivity index (χ1v) is 12.8. The molecular weight excluding hydrogens is 573 g/mol. The number of aromatic nitrogens is 2. The Morgan fingerprint density at radius 2 is 1.85 bits per heavy atom. The van der Waals surface area contributed by atoms with Crippen molar-refractivity contribution in [1.29, 1.82) is 0 Å². The van der Waals surface area contributed by atoms with E-state index in [9.17, 15) is 31.5 Å². The molecule has 1 aliphatic heterocycles. The molecule has 8 nitrogen and oxygen atoms in total. The van der Waals surface area contributed by atoms with Gasteiger partial charge in [0.25, 0.3) is 5.91 Å². The molecule has 0 spiro atoms. The van der Waals surface area contributed by atoms with E-state index in [4.69, 9.17) is 22.1 Å². The molecule has 6 rings (SSSR count). The Balaban J connectivity index is 1.50. The van der Waals surface area contributed by atoms with Crippen molar-refractivity contribution in [2.45, 2.75) is 38.0 Å². The Morgan fingerprint density at radius 3 is 2.54 bits per heavy atom. The first kappa shape index (κ1) is 26.8. The number of nitrogen functional groups attached to an aromatic ring is 1. The summed E-state index contributed by atoms with van der Waals surface area (Å²) >= 11 is 6.20. The van der Waals surface area contributed by atoms with Crippen molar-refractivity contribution in [3.8, 4) is 11.5 Å². The monoisotopic (exact) mass is 591 g/mol. The molecule has 2 heterocycles. The minimum absolute atomic E-state index is 0.00820. The maximum Gasteiger partial charge on any atom is 0.416 e. The molecule has 212 valence electrons. The van der Waals surface area contributed by atoms with E-state index in [1.165, 1.54) is 12.1 Å². The first-order chi connectivity index (χ1) is 19.4. The van der Waals surface area contributed by atoms with Crippen LogP contribution in [0.25, 0.3) is 10.9 Å². The van der Waals surface area contributed by atoms with Gasteiger partial charge < -0.3 is 20.7 Å². The number of alkyl halides is 3. The topological polar surface area (TPSA) is 102 Å². The van der Waals surface area contributed by atoms with Gasteiger partial charge >= 0.3 is 12.2 Å². The molecule has 1 aliphatic carbocycles. The number of carbonyl (C=O) groups is 2. The molecule has 1 aromatic heterocycles. The zero-order chi connectivity index (χ0) is 29.2. The van der Waals surface area contributed by atoms with Crippen LogP contribution in [0.15, 0.2) is 42.5 Å². The van der Waals surface area contributed by atoms with Crippen molar-refractivity contribution >= 4 is 45.9 Å². The quantitative estimate of drug-likeness (QED) is 0.245. The maximum absolute atomic E-state index is 14.1. The van der Waals surface area contributed by atoms with Crippen LogP contribution < -0.4 is 15.8 Å². The van der Waals surface area contributed by atoms with Gasteiger partial charge in [0.15, 0.2) is 11.6 Å². The minimum atomic E-state index is -4.90. The number of anilines is 2. The number of nitrogens with two attached hydrogens (primary N) is 1. The van der Waals surface area contributed by atoms with Crippen LogP contribution in [0.5, 0.6) is 11.5 Å². The highest BCUT2D eigenvalue weighted by molar-refractivity contribution is 6.32. The molecule has 0 atom stereocenters. The summed E-state index contributed by atoms with van der Waals surface area (Å²) in [6.45, 7) is 0.132. The first-order valence-electron chi connectivity index (χ1n) is 12.4. The molecule has 3 aromatic carbocycles. The maximum atomic E-state index is 14.1. The summed E-state index contributed by atoms with van der Waals surface area (Å²) in [4.78, 5) is 28.1. The van der Waals surface area contributed by atoms with E-state index in [-0.39, 0.29) is 57.6 Å². The highest BCUT2D eigenvalue weighted by Crippen LogP contribution is 2.46. The Hall–Kier alpha value is -4.39. The molecule has 0 unspecified atom stereocenters. The van der Waals surface area contributed by atoms with E-state index in [0.717, 1.165) is 36.1 Å². The Kier molecular flexibility index (Phi) is 6.29. The third kappa shape index (κ3) is 4.69. The molecular formula is C27H19ClF5N5O3. The molecule has 3 N–H and O–H groups in total. The van der Waals surface area contributed by atoms with E-state index < -0.39 is 40.9 Å². The van der Waals surface area contributed by atoms with Gasteiger partial charge in [0.05, 0.1) is 33.7 Å². The zero-order valence-electron chi connectivity index (χ0n) is 20.9. The van der Waals surface area contributed by atoms with Gasteiger partial charge in [-0.25, -0.2) is 13.6 Å². The third-order valence-electron chi connectivity index (χ3n) is 7.13. The van der Waals surface area contributed by atoms with Gasteiger partial charge in [-0.1, -0.05) is 11.6 Å². The van der Waals surface area contributed by atoms with E-state index in [1.807, 2.05) is 0 Å². The Bertz CT molecular complexity index is 1750. The number of carbonyl (C=O) groups excluding carboxylic acids is 2. The lowest BCUT2D eigenvalue weighted by atomic mass is 9.90. The second kappa shape index (κ2) is 9.61. The Labute approximate surface area is 233 Å². The average Bonchev–Trinajstić information content (AvgIpc) is 3.22. The smallest absolute Gasteiger partial charge is 0.416 e. The molecule has 1 fully saturated rings. The number of hydrogen-bond donors (Lipinski definition) is 2. The van der Waals surface area contributed by atoms with Gasteiger partial charge in [0.2, 0.25) is 0 Å². The van der Waals surface area contributed by atoms with E-state index >= 15 is 0 Å².